The molecule has 3 nitrogen and oxygen atoms in total. The second-order valence-corrected chi connectivity index (χ2v) is 4.62. The van der Waals surface area contributed by atoms with Crippen molar-refractivity contribution in [3.05, 3.63) is 35.1 Å². The fourth-order valence-electron chi connectivity index (χ4n) is 1.31. The van der Waals surface area contributed by atoms with Crippen LogP contribution in [0.3, 0.4) is 0 Å². The van der Waals surface area contributed by atoms with E-state index in [-0.39, 0.29) is 11.4 Å². The minimum atomic E-state index is -1.03. The number of carbonyl (C=O) groups is 1. The standard InChI is InChI=1S/C12H15FO3S/c1-16-5-2-6-17-8-10-7-9(12(14)15)3-4-11(10)13/h3-4,7H,2,5-6,8H2,1H3,(H,14,15). The first-order chi connectivity index (χ1) is 8.15. The maximum absolute atomic E-state index is 13.4. The van der Waals surface area contributed by atoms with E-state index in [0.29, 0.717) is 17.9 Å². The second kappa shape index (κ2) is 7.29. The largest absolute Gasteiger partial charge is 0.478 e. The van der Waals surface area contributed by atoms with E-state index in [1.165, 1.54) is 18.2 Å². The predicted molar refractivity (Wildman–Crippen MR) is 66.0 cm³/mol. The Hall–Kier alpha value is -1.07. The summed E-state index contributed by atoms with van der Waals surface area (Å²) in [5.41, 5.74) is 0.561. The van der Waals surface area contributed by atoms with Gasteiger partial charge in [-0.05, 0) is 35.9 Å². The summed E-state index contributed by atoms with van der Waals surface area (Å²) in [6.45, 7) is 0.685. The first-order valence-electron chi connectivity index (χ1n) is 5.23. The SMILES string of the molecule is COCCCSCc1cc(C(=O)O)ccc1F. The highest BCUT2D eigenvalue weighted by Gasteiger charge is 2.08. The van der Waals surface area contributed by atoms with Crippen LogP contribution in [0.15, 0.2) is 18.2 Å². The van der Waals surface area contributed by atoms with E-state index in [1.807, 2.05) is 0 Å². The lowest BCUT2D eigenvalue weighted by Crippen LogP contribution is -1.99. The number of benzene rings is 1. The molecule has 1 aromatic carbocycles. The van der Waals surface area contributed by atoms with Crippen LogP contribution in [0.4, 0.5) is 4.39 Å². The van der Waals surface area contributed by atoms with E-state index in [1.54, 1.807) is 18.9 Å². The quantitative estimate of drug-likeness (QED) is 0.764. The van der Waals surface area contributed by atoms with E-state index in [2.05, 4.69) is 0 Å². The Bertz CT molecular complexity index is 382. The fraction of sp³-hybridized carbons (Fsp3) is 0.417. The third kappa shape index (κ3) is 4.75. The predicted octanol–water partition coefficient (Wildman–Crippen LogP) is 2.79. The molecule has 0 spiro atoms. The molecule has 0 aromatic heterocycles. The Labute approximate surface area is 104 Å². The molecule has 94 valence electrons. The van der Waals surface area contributed by atoms with Crippen molar-refractivity contribution in [3.8, 4) is 0 Å². The van der Waals surface area contributed by atoms with Crippen molar-refractivity contribution in [2.45, 2.75) is 12.2 Å². The van der Waals surface area contributed by atoms with E-state index in [4.69, 9.17) is 9.84 Å². The topological polar surface area (TPSA) is 46.5 Å². The molecule has 0 unspecified atom stereocenters. The summed E-state index contributed by atoms with van der Waals surface area (Å²) in [6, 6.07) is 3.87. The minimum Gasteiger partial charge on any atom is -0.478 e. The summed E-state index contributed by atoms with van der Waals surface area (Å²) in [6.07, 6.45) is 0.904. The van der Waals surface area contributed by atoms with Gasteiger partial charge in [-0.1, -0.05) is 0 Å². The first kappa shape index (κ1) is 14.0. The van der Waals surface area contributed by atoms with Gasteiger partial charge >= 0.3 is 5.97 Å². The summed E-state index contributed by atoms with van der Waals surface area (Å²) >= 11 is 1.57. The number of hydrogen-bond acceptors (Lipinski definition) is 3. The number of methoxy groups -OCH3 is 1. The van der Waals surface area contributed by atoms with Crippen molar-refractivity contribution < 1.29 is 19.0 Å². The van der Waals surface area contributed by atoms with Crippen LogP contribution in [0.1, 0.15) is 22.3 Å². The molecule has 1 aromatic rings. The average Bonchev–Trinajstić information content (AvgIpc) is 2.30. The van der Waals surface area contributed by atoms with Crippen LogP contribution < -0.4 is 0 Å². The highest BCUT2D eigenvalue weighted by Crippen LogP contribution is 2.18. The molecule has 0 saturated carbocycles. The molecule has 0 aliphatic carbocycles. The molecule has 0 atom stereocenters. The molecule has 17 heavy (non-hydrogen) atoms. The molecule has 0 saturated heterocycles. The lowest BCUT2D eigenvalue weighted by Gasteiger charge is -2.04. The highest BCUT2D eigenvalue weighted by atomic mass is 32.2. The summed E-state index contributed by atoms with van der Waals surface area (Å²) in [5, 5.41) is 8.80. The number of ether oxygens (including phenoxy) is 1. The molecule has 0 aliphatic heterocycles. The van der Waals surface area contributed by atoms with Crippen molar-refractivity contribution in [1.82, 2.24) is 0 Å². The summed E-state index contributed by atoms with van der Waals surface area (Å²) in [7, 11) is 1.64. The Morgan fingerprint density at radius 3 is 2.94 bits per heavy atom. The van der Waals surface area contributed by atoms with Gasteiger partial charge in [-0.25, -0.2) is 9.18 Å². The van der Waals surface area contributed by atoms with Gasteiger partial charge in [0.2, 0.25) is 0 Å². The summed E-state index contributed by atoms with van der Waals surface area (Å²) in [4.78, 5) is 10.7. The van der Waals surface area contributed by atoms with Crippen molar-refractivity contribution >= 4 is 17.7 Å². The number of rotatable bonds is 7. The molecule has 0 radical (unpaired) electrons. The monoisotopic (exact) mass is 258 g/mol. The molecular weight excluding hydrogens is 243 g/mol. The molecule has 0 heterocycles. The van der Waals surface area contributed by atoms with Gasteiger partial charge in [0.1, 0.15) is 5.82 Å². The molecule has 1 N–H and O–H groups in total. The number of carboxylic acid groups (broad SMARTS) is 1. The van der Waals surface area contributed by atoms with Gasteiger partial charge < -0.3 is 9.84 Å². The molecule has 1 rings (SSSR count). The first-order valence-corrected chi connectivity index (χ1v) is 6.39. The normalized spacial score (nSPS) is 10.5. The van der Waals surface area contributed by atoms with E-state index in [0.717, 1.165) is 12.2 Å². The Morgan fingerprint density at radius 1 is 1.53 bits per heavy atom. The molecule has 0 fully saturated rings. The highest BCUT2D eigenvalue weighted by molar-refractivity contribution is 7.98. The summed E-state index contributed by atoms with van der Waals surface area (Å²) < 4.78 is 18.3. The molecule has 0 aliphatic rings. The van der Waals surface area contributed by atoms with Gasteiger partial charge in [0.05, 0.1) is 5.56 Å². The lowest BCUT2D eigenvalue weighted by atomic mass is 10.1. The zero-order valence-corrected chi connectivity index (χ0v) is 10.4. The third-order valence-electron chi connectivity index (χ3n) is 2.19. The number of thioether (sulfide) groups is 1. The Kier molecular flexibility index (Phi) is 6.00. The van der Waals surface area contributed by atoms with Crippen LogP contribution in [0.5, 0.6) is 0 Å². The van der Waals surface area contributed by atoms with Crippen LogP contribution in [0, 0.1) is 5.82 Å². The van der Waals surface area contributed by atoms with Crippen LogP contribution in [-0.4, -0.2) is 30.5 Å². The number of hydrogen-bond donors (Lipinski definition) is 1. The zero-order chi connectivity index (χ0) is 12.7. The maximum Gasteiger partial charge on any atom is 0.335 e. The Morgan fingerprint density at radius 2 is 2.29 bits per heavy atom. The van der Waals surface area contributed by atoms with E-state index < -0.39 is 5.97 Å². The Balaban J connectivity index is 2.51. The zero-order valence-electron chi connectivity index (χ0n) is 9.61. The van der Waals surface area contributed by atoms with Crippen LogP contribution in [-0.2, 0) is 10.5 Å². The average molecular weight is 258 g/mol. The van der Waals surface area contributed by atoms with Gasteiger partial charge in [-0.2, -0.15) is 11.8 Å². The van der Waals surface area contributed by atoms with Crippen LogP contribution >= 0.6 is 11.8 Å². The number of aromatic carboxylic acids is 1. The van der Waals surface area contributed by atoms with Crippen molar-refractivity contribution in [1.29, 1.82) is 0 Å². The van der Waals surface area contributed by atoms with Crippen molar-refractivity contribution in [3.63, 3.8) is 0 Å². The smallest absolute Gasteiger partial charge is 0.335 e. The van der Waals surface area contributed by atoms with Gasteiger partial charge in [0.15, 0.2) is 0 Å². The van der Waals surface area contributed by atoms with E-state index in [9.17, 15) is 9.18 Å². The minimum absolute atomic E-state index is 0.124. The van der Waals surface area contributed by atoms with Gasteiger partial charge in [-0.15, -0.1) is 0 Å². The van der Waals surface area contributed by atoms with Gasteiger partial charge in [0, 0.05) is 19.5 Å². The van der Waals surface area contributed by atoms with Crippen molar-refractivity contribution in [2.75, 3.05) is 19.5 Å². The van der Waals surface area contributed by atoms with Gasteiger partial charge in [0.25, 0.3) is 0 Å². The third-order valence-corrected chi connectivity index (χ3v) is 3.28. The number of carboxylic acids is 1. The molecule has 0 amide bonds. The van der Waals surface area contributed by atoms with Gasteiger partial charge in [-0.3, -0.25) is 0 Å². The molecule has 5 heteroatoms. The maximum atomic E-state index is 13.4. The van der Waals surface area contributed by atoms with Crippen molar-refractivity contribution in [2.24, 2.45) is 0 Å². The molecular formula is C12H15FO3S. The summed E-state index contributed by atoms with van der Waals surface area (Å²) in [5.74, 6) is -0.0359. The van der Waals surface area contributed by atoms with Crippen LogP contribution in [0.25, 0.3) is 0 Å². The second-order valence-electron chi connectivity index (χ2n) is 3.51. The van der Waals surface area contributed by atoms with E-state index >= 15 is 0 Å². The fourth-order valence-corrected chi connectivity index (χ4v) is 2.21. The lowest BCUT2D eigenvalue weighted by molar-refractivity contribution is 0.0696. The molecule has 0 bridgehead atoms. The van der Waals surface area contributed by atoms with Crippen LogP contribution in [0.2, 0.25) is 0 Å². The number of halogens is 1.